The predicted octanol–water partition coefficient (Wildman–Crippen LogP) is 3.25. The Hall–Kier alpha value is -2.10. The van der Waals surface area contributed by atoms with Crippen molar-refractivity contribution in [3.05, 3.63) is 46.8 Å². The van der Waals surface area contributed by atoms with Crippen LogP contribution in [0.4, 0.5) is 0 Å². The molecule has 0 radical (unpaired) electrons. The lowest BCUT2D eigenvalue weighted by Gasteiger charge is -1.98. The van der Waals surface area contributed by atoms with Crippen LogP contribution in [0.5, 0.6) is 0 Å². The summed E-state index contributed by atoms with van der Waals surface area (Å²) in [6, 6.07) is 3.24. The van der Waals surface area contributed by atoms with Crippen LogP contribution in [0.1, 0.15) is 44.4 Å². The quantitative estimate of drug-likeness (QED) is 0.613. The number of aryl methyl sites for hydroxylation is 3. The minimum absolute atomic E-state index is 0.166. The van der Waals surface area contributed by atoms with Crippen LogP contribution in [0.25, 0.3) is 0 Å². The van der Waals surface area contributed by atoms with Crippen molar-refractivity contribution < 1.29 is 18.4 Å². The van der Waals surface area contributed by atoms with Gasteiger partial charge in [-0.25, -0.2) is 0 Å². The zero-order chi connectivity index (χ0) is 13.3. The Bertz CT molecular complexity index is 601. The number of hydrogen-bond donors (Lipinski definition) is 0. The van der Waals surface area contributed by atoms with E-state index >= 15 is 0 Å². The molecule has 0 bridgehead atoms. The van der Waals surface area contributed by atoms with Crippen LogP contribution < -0.4 is 0 Å². The number of carbonyl (C=O) groups is 2. The first kappa shape index (κ1) is 12.4. The van der Waals surface area contributed by atoms with Crippen LogP contribution in [0.3, 0.4) is 0 Å². The van der Waals surface area contributed by atoms with Crippen molar-refractivity contribution in [1.29, 1.82) is 0 Å². The minimum atomic E-state index is -0.232. The zero-order valence-corrected chi connectivity index (χ0v) is 10.6. The van der Waals surface area contributed by atoms with E-state index in [1.54, 1.807) is 32.9 Å². The second-order valence-electron chi connectivity index (χ2n) is 4.24. The number of furan rings is 2. The monoisotopic (exact) mass is 246 g/mol. The molecule has 0 N–H and O–H groups in total. The molecule has 0 saturated heterocycles. The summed E-state index contributed by atoms with van der Waals surface area (Å²) in [6.45, 7) is 5.19. The molecule has 0 unspecified atom stereocenters. The number of Topliss-reactive ketones (excluding diaryl/α,β-unsaturated/α-hetero) is 2. The van der Waals surface area contributed by atoms with Crippen LogP contribution in [0, 0.1) is 20.8 Å². The molecule has 2 rings (SSSR count). The normalized spacial score (nSPS) is 10.6. The fourth-order valence-electron chi connectivity index (χ4n) is 1.92. The van der Waals surface area contributed by atoms with Gasteiger partial charge in [-0.15, -0.1) is 0 Å². The Balaban J connectivity index is 2.16. The summed E-state index contributed by atoms with van der Waals surface area (Å²) in [7, 11) is 0. The fourth-order valence-corrected chi connectivity index (χ4v) is 1.92. The van der Waals surface area contributed by atoms with Gasteiger partial charge in [-0.2, -0.15) is 0 Å². The lowest BCUT2D eigenvalue weighted by Crippen LogP contribution is -2.09. The van der Waals surface area contributed by atoms with Gasteiger partial charge in [0.1, 0.15) is 17.3 Å². The Labute approximate surface area is 105 Å². The highest BCUT2D eigenvalue weighted by Gasteiger charge is 2.19. The zero-order valence-electron chi connectivity index (χ0n) is 10.6. The molecule has 0 aliphatic carbocycles. The SMILES string of the molecule is Cc1cc(C(=O)CC(=O)c2ccoc2C)c(C)o1. The maximum Gasteiger partial charge on any atom is 0.174 e. The molecule has 18 heavy (non-hydrogen) atoms. The van der Waals surface area contributed by atoms with Crippen molar-refractivity contribution in [2.24, 2.45) is 0 Å². The van der Waals surface area contributed by atoms with Crippen molar-refractivity contribution in [2.45, 2.75) is 27.2 Å². The van der Waals surface area contributed by atoms with Crippen LogP contribution in [0.2, 0.25) is 0 Å². The summed E-state index contributed by atoms with van der Waals surface area (Å²) in [5, 5.41) is 0. The van der Waals surface area contributed by atoms with Crippen LogP contribution >= 0.6 is 0 Å². The summed E-state index contributed by atoms with van der Waals surface area (Å²) >= 11 is 0. The summed E-state index contributed by atoms with van der Waals surface area (Å²) in [6.07, 6.45) is 1.28. The van der Waals surface area contributed by atoms with E-state index in [9.17, 15) is 9.59 Å². The third kappa shape index (κ3) is 2.27. The van der Waals surface area contributed by atoms with E-state index in [1.165, 1.54) is 6.26 Å². The molecule has 0 fully saturated rings. The van der Waals surface area contributed by atoms with E-state index in [-0.39, 0.29) is 18.0 Å². The maximum atomic E-state index is 12.0. The second kappa shape index (κ2) is 4.64. The lowest BCUT2D eigenvalue weighted by atomic mass is 10.0. The third-order valence-electron chi connectivity index (χ3n) is 2.82. The smallest absolute Gasteiger partial charge is 0.174 e. The van der Waals surface area contributed by atoms with Crippen molar-refractivity contribution in [3.8, 4) is 0 Å². The molecule has 94 valence electrons. The summed E-state index contributed by atoms with van der Waals surface area (Å²) in [5.74, 6) is 1.30. The maximum absolute atomic E-state index is 12.0. The van der Waals surface area contributed by atoms with E-state index in [1.807, 2.05) is 0 Å². The summed E-state index contributed by atoms with van der Waals surface area (Å²) in [5.41, 5.74) is 0.934. The van der Waals surface area contributed by atoms with E-state index in [4.69, 9.17) is 8.83 Å². The Kier molecular flexibility index (Phi) is 3.19. The molecule has 0 aromatic carbocycles. The molecule has 2 aromatic heterocycles. The molecule has 0 saturated carbocycles. The summed E-state index contributed by atoms with van der Waals surface area (Å²) < 4.78 is 10.3. The molecule has 0 amide bonds. The van der Waals surface area contributed by atoms with E-state index in [2.05, 4.69) is 0 Å². The highest BCUT2D eigenvalue weighted by atomic mass is 16.3. The molecule has 0 atom stereocenters. The Morgan fingerprint density at radius 2 is 1.72 bits per heavy atom. The average Bonchev–Trinajstić information content (AvgIpc) is 2.84. The first-order valence-electron chi connectivity index (χ1n) is 5.66. The molecule has 0 aliphatic rings. The number of hydrogen-bond acceptors (Lipinski definition) is 4. The first-order chi connectivity index (χ1) is 8.49. The van der Waals surface area contributed by atoms with Crippen molar-refractivity contribution in [1.82, 2.24) is 0 Å². The van der Waals surface area contributed by atoms with E-state index in [0.29, 0.717) is 28.4 Å². The van der Waals surface area contributed by atoms with Gasteiger partial charge in [-0.05, 0) is 32.9 Å². The first-order valence-corrected chi connectivity index (χ1v) is 5.66. The molecule has 2 aromatic rings. The predicted molar refractivity (Wildman–Crippen MR) is 64.9 cm³/mol. The van der Waals surface area contributed by atoms with Gasteiger partial charge in [0.25, 0.3) is 0 Å². The second-order valence-corrected chi connectivity index (χ2v) is 4.24. The standard InChI is InChI=1S/C14H14O4/c1-8-6-12(10(3)18-8)14(16)7-13(15)11-4-5-17-9(11)2/h4-6H,7H2,1-3H3. The van der Waals surface area contributed by atoms with E-state index < -0.39 is 0 Å². The Morgan fingerprint density at radius 3 is 2.22 bits per heavy atom. The minimum Gasteiger partial charge on any atom is -0.469 e. The van der Waals surface area contributed by atoms with Crippen LogP contribution in [-0.2, 0) is 0 Å². The van der Waals surface area contributed by atoms with Gasteiger partial charge in [0, 0.05) is 0 Å². The van der Waals surface area contributed by atoms with Gasteiger partial charge in [0.15, 0.2) is 11.6 Å². The highest BCUT2D eigenvalue weighted by Crippen LogP contribution is 2.18. The molecular weight excluding hydrogens is 232 g/mol. The topological polar surface area (TPSA) is 60.4 Å². The number of ketones is 2. The molecule has 4 nitrogen and oxygen atoms in total. The largest absolute Gasteiger partial charge is 0.469 e. The molecule has 0 aliphatic heterocycles. The molecule has 2 heterocycles. The van der Waals surface area contributed by atoms with Gasteiger partial charge in [-0.1, -0.05) is 0 Å². The van der Waals surface area contributed by atoms with Gasteiger partial charge in [0.2, 0.25) is 0 Å². The van der Waals surface area contributed by atoms with Gasteiger partial charge in [0.05, 0.1) is 23.8 Å². The van der Waals surface area contributed by atoms with Gasteiger partial charge < -0.3 is 8.83 Å². The Morgan fingerprint density at radius 1 is 1.06 bits per heavy atom. The lowest BCUT2D eigenvalue weighted by molar-refractivity contribution is 0.0893. The third-order valence-corrected chi connectivity index (χ3v) is 2.82. The van der Waals surface area contributed by atoms with Gasteiger partial charge in [-0.3, -0.25) is 9.59 Å². The fraction of sp³-hybridized carbons (Fsp3) is 0.286. The number of carbonyl (C=O) groups excluding carboxylic acids is 2. The van der Waals surface area contributed by atoms with Crippen molar-refractivity contribution in [3.63, 3.8) is 0 Å². The van der Waals surface area contributed by atoms with Crippen LogP contribution in [-0.4, -0.2) is 11.6 Å². The van der Waals surface area contributed by atoms with E-state index in [0.717, 1.165) is 0 Å². The molecule has 4 heteroatoms. The average molecular weight is 246 g/mol. The molecule has 0 spiro atoms. The van der Waals surface area contributed by atoms with Crippen LogP contribution in [0.15, 0.2) is 27.2 Å². The molecular formula is C14H14O4. The summed E-state index contributed by atoms with van der Waals surface area (Å²) in [4.78, 5) is 23.9. The van der Waals surface area contributed by atoms with Crippen molar-refractivity contribution >= 4 is 11.6 Å². The van der Waals surface area contributed by atoms with Gasteiger partial charge >= 0.3 is 0 Å². The number of rotatable bonds is 4. The highest BCUT2D eigenvalue weighted by molar-refractivity contribution is 6.14. The van der Waals surface area contributed by atoms with Crippen molar-refractivity contribution in [2.75, 3.05) is 0 Å².